The molecule has 4 rings (SSSR count). The largest absolute Gasteiger partial charge is 0.377 e. The molecule has 1 fully saturated rings. The molecule has 7 nitrogen and oxygen atoms in total. The van der Waals surface area contributed by atoms with Crippen LogP contribution in [0.2, 0.25) is 0 Å². The maximum absolute atomic E-state index is 12.6. The van der Waals surface area contributed by atoms with Gasteiger partial charge in [0.15, 0.2) is 15.0 Å². The van der Waals surface area contributed by atoms with Gasteiger partial charge in [-0.1, -0.05) is 32.9 Å². The Balaban J connectivity index is 1.38. The van der Waals surface area contributed by atoms with Gasteiger partial charge >= 0.3 is 0 Å². The van der Waals surface area contributed by atoms with E-state index in [2.05, 4.69) is 24.1 Å². The highest BCUT2D eigenvalue weighted by Crippen LogP contribution is 2.42. The maximum Gasteiger partial charge on any atom is 0.230 e. The van der Waals surface area contributed by atoms with Crippen LogP contribution in [-0.4, -0.2) is 49.2 Å². The van der Waals surface area contributed by atoms with Crippen molar-refractivity contribution >= 4 is 32.2 Å². The van der Waals surface area contributed by atoms with Crippen LogP contribution < -0.4 is 5.32 Å². The molecule has 1 N–H and O–H groups in total. The van der Waals surface area contributed by atoms with Gasteiger partial charge in [0.2, 0.25) is 5.91 Å². The first-order chi connectivity index (χ1) is 15.8. The number of thiazole rings is 1. The summed E-state index contributed by atoms with van der Waals surface area (Å²) in [5.74, 6) is 0.324. The van der Waals surface area contributed by atoms with E-state index >= 15 is 0 Å². The molecule has 33 heavy (non-hydrogen) atoms. The van der Waals surface area contributed by atoms with Crippen LogP contribution in [-0.2, 0) is 32.3 Å². The zero-order valence-corrected chi connectivity index (χ0v) is 21.2. The van der Waals surface area contributed by atoms with Crippen molar-refractivity contribution in [3.8, 4) is 0 Å². The molecule has 0 saturated carbocycles. The van der Waals surface area contributed by atoms with E-state index in [1.807, 2.05) is 0 Å². The SMILES string of the molecule is CCS(=O)(=O)c1ccc(CC(=O)Nc2nc3c(s2)CN(C[C@H]2CCCCO2)[C@H]3C(C)C)cc1. The van der Waals surface area contributed by atoms with Gasteiger partial charge in [-0.05, 0) is 42.9 Å². The number of ether oxygens (including phenoxy) is 1. The number of carbonyl (C=O) groups excluding carboxylic acids is 1. The molecule has 2 atom stereocenters. The van der Waals surface area contributed by atoms with E-state index in [0.717, 1.165) is 43.8 Å². The fourth-order valence-electron chi connectivity index (χ4n) is 4.68. The van der Waals surface area contributed by atoms with Gasteiger partial charge in [0.05, 0.1) is 34.9 Å². The lowest BCUT2D eigenvalue weighted by atomic mass is 10.0. The predicted octanol–water partition coefficient (Wildman–Crippen LogP) is 4.20. The zero-order valence-electron chi connectivity index (χ0n) is 19.5. The molecule has 0 aliphatic carbocycles. The molecule has 0 radical (unpaired) electrons. The Morgan fingerprint density at radius 3 is 2.67 bits per heavy atom. The third kappa shape index (κ3) is 5.65. The Kier molecular flexibility index (Phi) is 7.53. The molecule has 2 aromatic rings. The summed E-state index contributed by atoms with van der Waals surface area (Å²) in [4.78, 5) is 21.4. The Morgan fingerprint density at radius 1 is 1.27 bits per heavy atom. The Hall–Kier alpha value is -1.81. The van der Waals surface area contributed by atoms with Crippen molar-refractivity contribution in [1.82, 2.24) is 9.88 Å². The molecule has 1 aromatic heterocycles. The lowest BCUT2D eigenvalue weighted by Gasteiger charge is -2.32. The number of anilines is 1. The molecule has 9 heteroatoms. The van der Waals surface area contributed by atoms with Crippen molar-refractivity contribution in [3.05, 3.63) is 40.4 Å². The number of benzene rings is 1. The number of nitrogens with one attached hydrogen (secondary N) is 1. The summed E-state index contributed by atoms with van der Waals surface area (Å²) in [7, 11) is -3.24. The average Bonchev–Trinajstić information content (AvgIpc) is 3.31. The zero-order chi connectivity index (χ0) is 23.6. The van der Waals surface area contributed by atoms with Crippen LogP contribution >= 0.6 is 11.3 Å². The van der Waals surface area contributed by atoms with Crippen LogP contribution in [0.4, 0.5) is 5.13 Å². The highest BCUT2D eigenvalue weighted by atomic mass is 32.2. The summed E-state index contributed by atoms with van der Waals surface area (Å²) in [6.45, 7) is 8.69. The summed E-state index contributed by atoms with van der Waals surface area (Å²) >= 11 is 1.55. The van der Waals surface area contributed by atoms with Crippen LogP contribution in [0, 0.1) is 5.92 Å². The number of amides is 1. The second kappa shape index (κ2) is 10.2. The Labute approximate surface area is 200 Å². The molecule has 1 saturated heterocycles. The lowest BCUT2D eigenvalue weighted by Crippen LogP contribution is -2.36. The minimum atomic E-state index is -3.24. The number of sulfone groups is 1. The summed E-state index contributed by atoms with van der Waals surface area (Å²) in [5.41, 5.74) is 1.85. The number of hydrogen-bond acceptors (Lipinski definition) is 7. The number of aromatic nitrogens is 1. The number of carbonyl (C=O) groups is 1. The van der Waals surface area contributed by atoms with Crippen LogP contribution in [0.3, 0.4) is 0 Å². The number of fused-ring (bicyclic) bond motifs is 1. The van der Waals surface area contributed by atoms with Crippen LogP contribution in [0.25, 0.3) is 0 Å². The van der Waals surface area contributed by atoms with Crippen molar-refractivity contribution in [1.29, 1.82) is 0 Å². The van der Waals surface area contributed by atoms with Crippen LogP contribution in [0.1, 0.15) is 62.2 Å². The molecule has 180 valence electrons. The molecule has 0 bridgehead atoms. The van der Waals surface area contributed by atoms with Crippen molar-refractivity contribution in [2.75, 3.05) is 24.2 Å². The van der Waals surface area contributed by atoms with Gasteiger partial charge in [0.1, 0.15) is 0 Å². The molecule has 1 amide bonds. The number of hydrogen-bond donors (Lipinski definition) is 1. The van der Waals surface area contributed by atoms with Gasteiger partial charge in [0, 0.05) is 24.6 Å². The molecular formula is C24H33N3O4S2. The second-order valence-corrected chi connectivity index (χ2v) is 12.6. The fraction of sp³-hybridized carbons (Fsp3) is 0.583. The smallest absolute Gasteiger partial charge is 0.230 e. The highest BCUT2D eigenvalue weighted by molar-refractivity contribution is 7.91. The fourth-order valence-corrected chi connectivity index (χ4v) is 6.60. The topological polar surface area (TPSA) is 88.6 Å². The van der Waals surface area contributed by atoms with E-state index in [9.17, 15) is 13.2 Å². The summed E-state index contributed by atoms with van der Waals surface area (Å²) in [5, 5.41) is 3.57. The van der Waals surface area contributed by atoms with Gasteiger partial charge in [-0.3, -0.25) is 9.69 Å². The third-order valence-electron chi connectivity index (χ3n) is 6.36. The molecule has 0 unspecified atom stereocenters. The van der Waals surface area contributed by atoms with Gasteiger partial charge in [-0.2, -0.15) is 0 Å². The quantitative estimate of drug-likeness (QED) is 0.595. The average molecular weight is 492 g/mol. The molecule has 0 spiro atoms. The van der Waals surface area contributed by atoms with Gasteiger partial charge < -0.3 is 10.1 Å². The van der Waals surface area contributed by atoms with Gasteiger partial charge in [-0.15, -0.1) is 11.3 Å². The van der Waals surface area contributed by atoms with E-state index < -0.39 is 9.84 Å². The summed E-state index contributed by atoms with van der Waals surface area (Å²) in [6.07, 6.45) is 3.99. The molecule has 2 aliphatic rings. The van der Waals surface area contributed by atoms with Crippen LogP contribution in [0.15, 0.2) is 29.2 Å². The highest BCUT2D eigenvalue weighted by Gasteiger charge is 2.37. The second-order valence-electron chi connectivity index (χ2n) is 9.21. The van der Waals surface area contributed by atoms with E-state index in [0.29, 0.717) is 17.2 Å². The Morgan fingerprint density at radius 2 is 2.03 bits per heavy atom. The monoisotopic (exact) mass is 491 g/mol. The van der Waals surface area contributed by atoms with Crippen LogP contribution in [0.5, 0.6) is 0 Å². The molecule has 3 heterocycles. The first-order valence-corrected chi connectivity index (χ1v) is 14.2. The molecule has 1 aromatic carbocycles. The maximum atomic E-state index is 12.6. The molecular weight excluding hydrogens is 458 g/mol. The number of rotatable bonds is 8. The standard InChI is InChI=1S/C24H33N3O4S2/c1-4-33(29,30)19-10-8-17(9-11-19)13-21(28)25-24-26-22-20(32-24)15-27(23(22)16(2)3)14-18-7-5-6-12-31-18/h8-11,16,18,23H,4-7,12-15H2,1-3H3,(H,25,26,28)/t18-,23+/m1/s1. The normalized spacial score (nSPS) is 21.3. The first kappa shape index (κ1) is 24.3. The van der Waals surface area contributed by atoms with Crippen molar-refractivity contribution < 1.29 is 17.9 Å². The number of nitrogens with zero attached hydrogens (tertiary/aromatic N) is 2. The van der Waals surface area contributed by atoms with E-state index in [-0.39, 0.29) is 29.0 Å². The van der Waals surface area contributed by atoms with Gasteiger partial charge in [-0.25, -0.2) is 13.4 Å². The van der Waals surface area contributed by atoms with Gasteiger partial charge in [0.25, 0.3) is 0 Å². The third-order valence-corrected chi connectivity index (χ3v) is 9.09. The Bertz CT molecular complexity index is 1070. The molecule has 2 aliphatic heterocycles. The lowest BCUT2D eigenvalue weighted by molar-refractivity contribution is -0.115. The van der Waals surface area contributed by atoms with E-state index in [1.54, 1.807) is 42.5 Å². The minimum Gasteiger partial charge on any atom is -0.377 e. The summed E-state index contributed by atoms with van der Waals surface area (Å²) in [6, 6.07) is 6.77. The predicted molar refractivity (Wildman–Crippen MR) is 130 cm³/mol. The van der Waals surface area contributed by atoms with E-state index in [4.69, 9.17) is 9.72 Å². The van der Waals surface area contributed by atoms with Crippen molar-refractivity contribution in [3.63, 3.8) is 0 Å². The van der Waals surface area contributed by atoms with E-state index in [1.165, 1.54) is 11.3 Å². The summed E-state index contributed by atoms with van der Waals surface area (Å²) < 4.78 is 29.9. The first-order valence-electron chi connectivity index (χ1n) is 11.7. The van der Waals surface area contributed by atoms with Crippen molar-refractivity contribution in [2.45, 2.75) is 70.0 Å². The van der Waals surface area contributed by atoms with Crippen molar-refractivity contribution in [2.24, 2.45) is 5.92 Å². The minimum absolute atomic E-state index is 0.0596.